The van der Waals surface area contributed by atoms with Gasteiger partial charge in [-0.25, -0.2) is 13.4 Å². The highest BCUT2D eigenvalue weighted by Crippen LogP contribution is 2.31. The van der Waals surface area contributed by atoms with E-state index in [2.05, 4.69) is 9.97 Å². The number of nitrogens with one attached hydrogen (secondary N) is 1. The molecule has 0 aromatic carbocycles. The Morgan fingerprint density at radius 2 is 2.06 bits per heavy atom. The lowest BCUT2D eigenvalue weighted by molar-refractivity contribution is 0.0598. The lowest BCUT2D eigenvalue weighted by atomic mass is 9.99. The molecule has 2 aliphatic rings. The number of sulfonamides is 1. The van der Waals surface area contributed by atoms with Gasteiger partial charge in [-0.2, -0.15) is 4.31 Å². The molecule has 1 amide bonds. The number of aromatic nitrogens is 3. The number of carbonyl (C=O) groups is 1. The number of pyridine rings is 1. The molecule has 1 saturated heterocycles. The molecule has 31 heavy (non-hydrogen) atoms. The van der Waals surface area contributed by atoms with Crippen LogP contribution in [0.1, 0.15) is 66.6 Å². The molecule has 0 aliphatic carbocycles. The summed E-state index contributed by atoms with van der Waals surface area (Å²) in [5, 5.41) is -0.547. The average molecular weight is 446 g/mol. The topological polar surface area (TPSA) is 116 Å². The lowest BCUT2D eigenvalue weighted by Crippen LogP contribution is -2.44. The molecule has 0 unspecified atom stereocenters. The maximum Gasteiger partial charge on any atom is 0.256 e. The van der Waals surface area contributed by atoms with Crippen molar-refractivity contribution in [2.75, 3.05) is 13.1 Å². The second-order valence-corrected chi connectivity index (χ2v) is 10.8. The van der Waals surface area contributed by atoms with Gasteiger partial charge in [-0.3, -0.25) is 14.6 Å². The molecule has 2 aromatic rings. The lowest BCUT2D eigenvalue weighted by Gasteiger charge is -2.35. The van der Waals surface area contributed by atoms with Gasteiger partial charge >= 0.3 is 0 Å². The number of aromatic amines is 1. The van der Waals surface area contributed by atoms with Gasteiger partial charge in [-0.05, 0) is 45.2 Å². The molecule has 0 spiro atoms. The Kier molecular flexibility index (Phi) is 5.94. The van der Waals surface area contributed by atoms with Crippen molar-refractivity contribution in [2.45, 2.75) is 57.4 Å². The molecule has 0 saturated carbocycles. The number of hydrogen-bond acceptors (Lipinski definition) is 6. The Morgan fingerprint density at radius 3 is 2.77 bits per heavy atom. The van der Waals surface area contributed by atoms with E-state index in [0.717, 1.165) is 12.8 Å². The number of carbonyl (C=O) groups excluding carboxylic acids is 1. The van der Waals surface area contributed by atoms with Gasteiger partial charge in [-0.15, -0.1) is 0 Å². The smallest absolute Gasteiger partial charge is 0.256 e. The van der Waals surface area contributed by atoms with E-state index < -0.39 is 15.3 Å². The Labute approximate surface area is 181 Å². The standard InChI is InChI=1S/C21H27N5O4S/c1-14(2)31(29,30)25-11-8-17-16(13-25)20(27)24-19(23-17)18-7-3-4-10-26(18)21(28)15-6-5-9-22-12-15/h5-6,9,12,14,18H,3-4,7-8,10-11,13H2,1-2H3,(H,23,24,27)/t18-/m0/s1. The minimum absolute atomic E-state index is 0.0292. The average Bonchev–Trinajstić information content (AvgIpc) is 2.78. The maximum absolute atomic E-state index is 13.1. The maximum atomic E-state index is 13.1. The zero-order valence-corrected chi connectivity index (χ0v) is 18.6. The Morgan fingerprint density at radius 1 is 1.26 bits per heavy atom. The monoisotopic (exact) mass is 445 g/mol. The molecule has 0 bridgehead atoms. The highest BCUT2D eigenvalue weighted by Gasteiger charge is 2.34. The molecule has 0 radical (unpaired) electrons. The number of nitrogens with zero attached hydrogens (tertiary/aromatic N) is 4. The van der Waals surface area contributed by atoms with Crippen molar-refractivity contribution in [2.24, 2.45) is 0 Å². The highest BCUT2D eigenvalue weighted by atomic mass is 32.2. The molecule has 4 rings (SSSR count). The van der Waals surface area contributed by atoms with Gasteiger partial charge in [0.05, 0.1) is 28.1 Å². The van der Waals surface area contributed by atoms with Gasteiger partial charge in [0.1, 0.15) is 5.82 Å². The predicted octanol–water partition coefficient (Wildman–Crippen LogP) is 1.63. The van der Waals surface area contributed by atoms with Gasteiger partial charge in [0, 0.05) is 38.4 Å². The Bertz CT molecular complexity index is 1130. The first-order chi connectivity index (χ1) is 14.8. The van der Waals surface area contributed by atoms with E-state index >= 15 is 0 Å². The van der Waals surface area contributed by atoms with E-state index in [1.807, 2.05) is 0 Å². The second-order valence-electron chi connectivity index (χ2n) is 8.31. The number of likely N-dealkylation sites (tertiary alicyclic amines) is 1. The summed E-state index contributed by atoms with van der Waals surface area (Å²) in [6, 6.07) is 3.13. The van der Waals surface area contributed by atoms with E-state index in [9.17, 15) is 18.0 Å². The summed E-state index contributed by atoms with van der Waals surface area (Å²) in [6.07, 6.45) is 6.07. The molecule has 1 N–H and O–H groups in total. The minimum atomic E-state index is -3.45. The van der Waals surface area contributed by atoms with E-state index in [4.69, 9.17) is 4.98 Å². The fraction of sp³-hybridized carbons (Fsp3) is 0.524. The molecular formula is C21H27N5O4S. The van der Waals surface area contributed by atoms with Crippen molar-refractivity contribution in [3.8, 4) is 0 Å². The van der Waals surface area contributed by atoms with Gasteiger partial charge in [0.15, 0.2) is 0 Å². The summed E-state index contributed by atoms with van der Waals surface area (Å²) in [5.41, 5.74) is 1.18. The summed E-state index contributed by atoms with van der Waals surface area (Å²) in [5.74, 6) is 0.341. The number of piperidine rings is 1. The number of fused-ring (bicyclic) bond motifs is 1. The summed E-state index contributed by atoms with van der Waals surface area (Å²) in [7, 11) is -3.45. The van der Waals surface area contributed by atoms with E-state index in [-0.39, 0.29) is 24.1 Å². The van der Waals surface area contributed by atoms with Crippen molar-refractivity contribution in [3.05, 3.63) is 57.5 Å². The molecule has 4 heterocycles. The summed E-state index contributed by atoms with van der Waals surface area (Å²) in [4.78, 5) is 39.3. The third-order valence-electron chi connectivity index (χ3n) is 6.00. The Hall–Kier alpha value is -2.59. The molecule has 1 fully saturated rings. The van der Waals surface area contributed by atoms with Crippen molar-refractivity contribution >= 4 is 15.9 Å². The van der Waals surface area contributed by atoms with E-state index in [1.165, 1.54) is 4.31 Å². The number of rotatable bonds is 4. The second kappa shape index (κ2) is 8.51. The quantitative estimate of drug-likeness (QED) is 0.765. The molecule has 1 atom stereocenters. The van der Waals surface area contributed by atoms with Crippen LogP contribution in [0, 0.1) is 0 Å². The molecule has 10 heteroatoms. The largest absolute Gasteiger partial charge is 0.328 e. The molecule has 9 nitrogen and oxygen atoms in total. The van der Waals surface area contributed by atoms with E-state index in [0.29, 0.717) is 48.6 Å². The van der Waals surface area contributed by atoms with Crippen LogP contribution in [0.3, 0.4) is 0 Å². The Balaban J connectivity index is 1.64. The first-order valence-corrected chi connectivity index (χ1v) is 12.1. The minimum Gasteiger partial charge on any atom is -0.328 e. The van der Waals surface area contributed by atoms with Gasteiger partial charge in [-0.1, -0.05) is 0 Å². The van der Waals surface area contributed by atoms with Gasteiger partial charge in [0.25, 0.3) is 11.5 Å². The normalized spacial score (nSPS) is 20.0. The van der Waals surface area contributed by atoms with Crippen LogP contribution in [0.5, 0.6) is 0 Å². The molecule has 166 valence electrons. The van der Waals surface area contributed by atoms with Crippen LogP contribution in [0.15, 0.2) is 29.3 Å². The zero-order valence-electron chi connectivity index (χ0n) is 17.7. The van der Waals surface area contributed by atoms with Crippen LogP contribution in [-0.4, -0.2) is 56.8 Å². The van der Waals surface area contributed by atoms with Crippen LogP contribution in [-0.2, 0) is 23.0 Å². The van der Waals surface area contributed by atoms with Crippen LogP contribution >= 0.6 is 0 Å². The van der Waals surface area contributed by atoms with Crippen LogP contribution in [0.2, 0.25) is 0 Å². The van der Waals surface area contributed by atoms with Crippen molar-refractivity contribution in [1.82, 2.24) is 24.2 Å². The molecule has 2 aromatic heterocycles. The number of H-pyrrole nitrogens is 1. The third-order valence-corrected chi connectivity index (χ3v) is 8.22. The molecular weight excluding hydrogens is 418 g/mol. The van der Waals surface area contributed by atoms with Crippen LogP contribution in [0.4, 0.5) is 0 Å². The van der Waals surface area contributed by atoms with Gasteiger partial charge < -0.3 is 9.88 Å². The highest BCUT2D eigenvalue weighted by molar-refractivity contribution is 7.89. The van der Waals surface area contributed by atoms with Crippen LogP contribution in [0.25, 0.3) is 0 Å². The third kappa shape index (κ3) is 4.14. The van der Waals surface area contributed by atoms with Crippen molar-refractivity contribution < 1.29 is 13.2 Å². The first-order valence-electron chi connectivity index (χ1n) is 10.6. The van der Waals surface area contributed by atoms with Crippen LogP contribution < -0.4 is 5.56 Å². The van der Waals surface area contributed by atoms with Crippen molar-refractivity contribution in [3.63, 3.8) is 0 Å². The summed E-state index contributed by atoms with van der Waals surface area (Å²) < 4.78 is 26.4. The SMILES string of the molecule is CC(C)S(=O)(=O)N1CCc2nc([C@@H]3CCCCN3C(=O)c3cccnc3)[nH]c(=O)c2C1. The fourth-order valence-corrected chi connectivity index (χ4v) is 5.46. The number of amides is 1. The van der Waals surface area contributed by atoms with Gasteiger partial charge in [0.2, 0.25) is 10.0 Å². The summed E-state index contributed by atoms with van der Waals surface area (Å²) in [6.45, 7) is 4.17. The number of hydrogen-bond donors (Lipinski definition) is 1. The molecule has 2 aliphatic heterocycles. The first kappa shape index (κ1) is 21.6. The zero-order chi connectivity index (χ0) is 22.2. The predicted molar refractivity (Wildman–Crippen MR) is 115 cm³/mol. The fourth-order valence-electron chi connectivity index (χ4n) is 4.21. The summed E-state index contributed by atoms with van der Waals surface area (Å²) >= 11 is 0. The van der Waals surface area contributed by atoms with Crippen molar-refractivity contribution in [1.29, 1.82) is 0 Å². The van der Waals surface area contributed by atoms with E-state index in [1.54, 1.807) is 43.3 Å².